The van der Waals surface area contributed by atoms with Crippen LogP contribution in [0.15, 0.2) is 0 Å². The van der Waals surface area contributed by atoms with Crippen LogP contribution in [-0.2, 0) is 0 Å². The van der Waals surface area contributed by atoms with Crippen molar-refractivity contribution >= 4 is 0 Å². The smallest absolute Gasteiger partial charge is 0.00445 e. The average molecular weight is 143 g/mol. The fraction of sp³-hybridized carbons (Fsp3) is 1.00. The van der Waals surface area contributed by atoms with E-state index in [-0.39, 0.29) is 0 Å². The zero-order chi connectivity index (χ0) is 8.20. The lowest BCUT2D eigenvalue weighted by molar-refractivity contribution is 0.405. The second-order valence-corrected chi connectivity index (χ2v) is 3.65. The zero-order valence-electron chi connectivity index (χ0n) is 7.99. The third-order valence-electron chi connectivity index (χ3n) is 1.79. The average Bonchev–Trinajstić information content (AvgIpc) is 2.15. The van der Waals surface area contributed by atoms with Crippen molar-refractivity contribution in [3.05, 3.63) is 0 Å². The van der Waals surface area contributed by atoms with Crippen LogP contribution in [0, 0.1) is 5.41 Å². The molecule has 1 heterocycles. The van der Waals surface area contributed by atoms with Gasteiger partial charge in [-0.1, -0.05) is 27.7 Å². The van der Waals surface area contributed by atoms with Crippen LogP contribution in [0.5, 0.6) is 0 Å². The Labute approximate surface area is 65.2 Å². The fourth-order valence-corrected chi connectivity index (χ4v) is 1.42. The Morgan fingerprint density at radius 1 is 1.30 bits per heavy atom. The molecule has 10 heavy (non-hydrogen) atoms. The zero-order valence-corrected chi connectivity index (χ0v) is 7.99. The molecule has 1 N–H and O–H groups in total. The molecule has 0 aliphatic carbocycles. The van der Waals surface area contributed by atoms with Crippen LogP contribution < -0.4 is 5.32 Å². The summed E-state index contributed by atoms with van der Waals surface area (Å²) in [5.41, 5.74) is 0.555. The van der Waals surface area contributed by atoms with E-state index in [0.717, 1.165) is 6.04 Å². The molecule has 62 valence electrons. The van der Waals surface area contributed by atoms with Gasteiger partial charge in [-0.3, -0.25) is 0 Å². The maximum Gasteiger partial charge on any atom is 0.00445 e. The Morgan fingerprint density at radius 2 is 1.80 bits per heavy atom. The molecular weight excluding hydrogens is 122 g/mol. The van der Waals surface area contributed by atoms with Crippen molar-refractivity contribution in [1.82, 2.24) is 5.32 Å². The third kappa shape index (κ3) is 3.21. The van der Waals surface area contributed by atoms with Crippen LogP contribution in [-0.4, -0.2) is 12.6 Å². The number of hydrogen-bond acceptors (Lipinski definition) is 1. The molecule has 1 heteroatoms. The highest BCUT2D eigenvalue weighted by Gasteiger charge is 2.27. The summed E-state index contributed by atoms with van der Waals surface area (Å²) in [6, 6.07) is 0.741. The first-order valence-corrected chi connectivity index (χ1v) is 4.33. The number of nitrogens with one attached hydrogen (secondary N) is 1. The summed E-state index contributed by atoms with van der Waals surface area (Å²) in [5.74, 6) is 0. The van der Waals surface area contributed by atoms with Crippen molar-refractivity contribution in [3.8, 4) is 0 Å². The lowest BCUT2D eigenvalue weighted by Crippen LogP contribution is -2.18. The summed E-state index contributed by atoms with van der Waals surface area (Å²) in [4.78, 5) is 0. The van der Waals surface area contributed by atoms with E-state index in [9.17, 15) is 0 Å². The monoisotopic (exact) mass is 143 g/mol. The van der Waals surface area contributed by atoms with Crippen molar-refractivity contribution in [3.63, 3.8) is 0 Å². The Morgan fingerprint density at radius 3 is 1.90 bits per heavy atom. The van der Waals surface area contributed by atoms with Crippen LogP contribution >= 0.6 is 0 Å². The third-order valence-corrected chi connectivity index (χ3v) is 1.79. The first kappa shape index (κ1) is 9.96. The SMILES string of the molecule is CC.C[C@H]1CC(C)(C)CN1. The minimum atomic E-state index is 0.555. The minimum absolute atomic E-state index is 0.555. The summed E-state index contributed by atoms with van der Waals surface area (Å²) < 4.78 is 0. The highest BCUT2D eigenvalue weighted by Crippen LogP contribution is 2.26. The highest BCUT2D eigenvalue weighted by molar-refractivity contribution is 4.84. The molecule has 1 aliphatic rings. The molecule has 0 aromatic carbocycles. The van der Waals surface area contributed by atoms with Crippen molar-refractivity contribution < 1.29 is 0 Å². The van der Waals surface area contributed by atoms with E-state index < -0.39 is 0 Å². The molecule has 0 saturated carbocycles. The van der Waals surface area contributed by atoms with E-state index >= 15 is 0 Å². The van der Waals surface area contributed by atoms with Crippen molar-refractivity contribution in [1.29, 1.82) is 0 Å². The Kier molecular flexibility index (Phi) is 3.95. The molecule has 0 bridgehead atoms. The van der Waals surface area contributed by atoms with Crippen LogP contribution in [0.4, 0.5) is 0 Å². The quantitative estimate of drug-likeness (QED) is 0.549. The molecule has 1 rings (SSSR count). The summed E-state index contributed by atoms with van der Waals surface area (Å²) in [6.45, 7) is 12.1. The van der Waals surface area contributed by atoms with Gasteiger partial charge in [-0.25, -0.2) is 0 Å². The van der Waals surface area contributed by atoms with Gasteiger partial charge in [0.2, 0.25) is 0 Å². The minimum Gasteiger partial charge on any atom is -0.314 e. The van der Waals surface area contributed by atoms with Gasteiger partial charge >= 0.3 is 0 Å². The maximum absolute atomic E-state index is 3.41. The standard InChI is InChI=1S/C7H15N.C2H6/c1-6-4-7(2,3)5-8-6;1-2/h6,8H,4-5H2,1-3H3;1-2H3/t6-;/m0./s1. The van der Waals surface area contributed by atoms with Crippen molar-refractivity contribution in [2.24, 2.45) is 5.41 Å². The van der Waals surface area contributed by atoms with Gasteiger partial charge in [0, 0.05) is 12.6 Å². The van der Waals surface area contributed by atoms with E-state index in [2.05, 4.69) is 26.1 Å². The second-order valence-electron chi connectivity index (χ2n) is 3.65. The van der Waals surface area contributed by atoms with E-state index in [1.165, 1.54) is 13.0 Å². The fourth-order valence-electron chi connectivity index (χ4n) is 1.42. The molecule has 0 spiro atoms. The molecule has 0 unspecified atom stereocenters. The van der Waals surface area contributed by atoms with Gasteiger partial charge in [0.15, 0.2) is 0 Å². The summed E-state index contributed by atoms with van der Waals surface area (Å²) in [5, 5.41) is 3.41. The largest absolute Gasteiger partial charge is 0.314 e. The van der Waals surface area contributed by atoms with E-state index in [4.69, 9.17) is 0 Å². The van der Waals surface area contributed by atoms with E-state index in [1.807, 2.05) is 13.8 Å². The lowest BCUT2D eigenvalue weighted by Gasteiger charge is -2.13. The van der Waals surface area contributed by atoms with Gasteiger partial charge in [0.1, 0.15) is 0 Å². The topological polar surface area (TPSA) is 12.0 Å². The van der Waals surface area contributed by atoms with Crippen LogP contribution in [0.1, 0.15) is 41.0 Å². The summed E-state index contributed by atoms with van der Waals surface area (Å²) in [7, 11) is 0. The normalized spacial score (nSPS) is 29.1. The first-order chi connectivity index (χ1) is 4.60. The van der Waals surface area contributed by atoms with Gasteiger partial charge in [-0.05, 0) is 18.8 Å². The van der Waals surface area contributed by atoms with Gasteiger partial charge in [-0.15, -0.1) is 0 Å². The highest BCUT2D eigenvalue weighted by atomic mass is 15.0. The van der Waals surface area contributed by atoms with Crippen LogP contribution in [0.2, 0.25) is 0 Å². The Bertz CT molecular complexity index is 86.7. The first-order valence-electron chi connectivity index (χ1n) is 4.33. The van der Waals surface area contributed by atoms with E-state index in [1.54, 1.807) is 0 Å². The summed E-state index contributed by atoms with van der Waals surface area (Å²) in [6.07, 6.45) is 1.33. The van der Waals surface area contributed by atoms with Crippen molar-refractivity contribution in [2.75, 3.05) is 6.54 Å². The van der Waals surface area contributed by atoms with Crippen LogP contribution in [0.3, 0.4) is 0 Å². The lowest BCUT2D eigenvalue weighted by atomic mass is 9.91. The molecule has 0 radical (unpaired) electrons. The maximum atomic E-state index is 3.41. The molecule has 1 saturated heterocycles. The van der Waals surface area contributed by atoms with Gasteiger partial charge < -0.3 is 5.32 Å². The molecule has 1 fully saturated rings. The predicted molar refractivity (Wildman–Crippen MR) is 47.2 cm³/mol. The van der Waals surface area contributed by atoms with Gasteiger partial charge in [0.25, 0.3) is 0 Å². The molecule has 0 amide bonds. The molecule has 0 aromatic rings. The summed E-state index contributed by atoms with van der Waals surface area (Å²) >= 11 is 0. The Balaban J connectivity index is 0.000000371. The van der Waals surface area contributed by atoms with Crippen LogP contribution in [0.25, 0.3) is 0 Å². The second kappa shape index (κ2) is 3.97. The number of hydrogen-bond donors (Lipinski definition) is 1. The Hall–Kier alpha value is -0.0400. The van der Waals surface area contributed by atoms with Gasteiger partial charge in [-0.2, -0.15) is 0 Å². The number of rotatable bonds is 0. The molecule has 1 aliphatic heterocycles. The van der Waals surface area contributed by atoms with E-state index in [0.29, 0.717) is 5.41 Å². The molecule has 1 atom stereocenters. The molecular formula is C9H21N. The van der Waals surface area contributed by atoms with Gasteiger partial charge in [0.05, 0.1) is 0 Å². The van der Waals surface area contributed by atoms with Crippen molar-refractivity contribution in [2.45, 2.75) is 47.1 Å². The molecule has 1 nitrogen and oxygen atoms in total. The predicted octanol–water partition coefficient (Wildman–Crippen LogP) is 2.42. The molecule has 0 aromatic heterocycles.